The molecule has 0 amide bonds. The number of nitrogens with zero attached hydrogens (tertiary/aromatic N) is 6. The average molecular weight is 380 g/mol. The third kappa shape index (κ3) is 2.79. The Labute approximate surface area is 159 Å². The van der Waals surface area contributed by atoms with E-state index in [9.17, 15) is 9.59 Å². The zero-order valence-electron chi connectivity index (χ0n) is 15.7. The van der Waals surface area contributed by atoms with Crippen molar-refractivity contribution >= 4 is 28.8 Å². The number of anilines is 2. The van der Waals surface area contributed by atoms with Crippen molar-refractivity contribution in [2.75, 3.05) is 11.1 Å². The summed E-state index contributed by atoms with van der Waals surface area (Å²) in [7, 11) is 2.98. The number of rotatable bonds is 4. The predicted octanol–water partition coefficient (Wildman–Crippen LogP) is 0.300. The maximum Gasteiger partial charge on any atom is 0.332 e. The topological polar surface area (TPSA) is 125 Å². The van der Waals surface area contributed by atoms with Crippen molar-refractivity contribution in [2.24, 2.45) is 14.1 Å². The monoisotopic (exact) mass is 380 g/mol. The normalized spacial score (nSPS) is 12.5. The van der Waals surface area contributed by atoms with Crippen LogP contribution in [0.5, 0.6) is 0 Å². The molecule has 0 radical (unpaired) electrons. The lowest BCUT2D eigenvalue weighted by molar-refractivity contribution is 0.707. The molecule has 0 bridgehead atoms. The summed E-state index contributed by atoms with van der Waals surface area (Å²) in [6.07, 6.45) is 0.745. The number of hydrogen-bond donors (Lipinski definition) is 2. The second-order valence-electron chi connectivity index (χ2n) is 6.77. The highest BCUT2D eigenvalue weighted by molar-refractivity contribution is 5.77. The van der Waals surface area contributed by atoms with Gasteiger partial charge in [-0.1, -0.05) is 30.3 Å². The molecule has 0 aliphatic rings. The van der Waals surface area contributed by atoms with Crippen LogP contribution in [0.25, 0.3) is 16.9 Å². The highest BCUT2D eigenvalue weighted by atomic mass is 16.2. The summed E-state index contributed by atoms with van der Waals surface area (Å²) in [6.45, 7) is 2.00. The second kappa shape index (κ2) is 6.48. The lowest BCUT2D eigenvalue weighted by Gasteiger charge is -2.16. The van der Waals surface area contributed by atoms with Crippen molar-refractivity contribution in [3.05, 3.63) is 56.7 Å². The molecule has 0 aliphatic heterocycles. The first-order valence-corrected chi connectivity index (χ1v) is 8.79. The Balaban J connectivity index is 1.88. The number of nitrogens with one attached hydrogen (secondary N) is 1. The number of aryl methyl sites for hydroxylation is 1. The van der Waals surface area contributed by atoms with Crippen LogP contribution in [0.1, 0.15) is 12.5 Å². The molecule has 28 heavy (non-hydrogen) atoms. The fourth-order valence-electron chi connectivity index (χ4n) is 3.28. The summed E-state index contributed by atoms with van der Waals surface area (Å²) in [5.74, 6) is 0.582. The molecule has 3 aromatic heterocycles. The van der Waals surface area contributed by atoms with E-state index in [1.807, 2.05) is 37.3 Å². The lowest BCUT2D eigenvalue weighted by atomic mass is 10.1. The molecule has 4 rings (SSSR count). The molecular formula is C18H20N8O2. The minimum absolute atomic E-state index is 0.00580. The van der Waals surface area contributed by atoms with Crippen LogP contribution >= 0.6 is 0 Å². The van der Waals surface area contributed by atoms with Crippen molar-refractivity contribution in [1.82, 2.24) is 28.5 Å². The minimum Gasteiger partial charge on any atom is -0.368 e. The van der Waals surface area contributed by atoms with Crippen molar-refractivity contribution in [3.8, 4) is 0 Å². The van der Waals surface area contributed by atoms with Gasteiger partial charge in [-0.05, 0) is 18.9 Å². The van der Waals surface area contributed by atoms with Gasteiger partial charge in [0.15, 0.2) is 11.2 Å². The first-order chi connectivity index (χ1) is 13.4. The highest BCUT2D eigenvalue weighted by Crippen LogP contribution is 2.18. The van der Waals surface area contributed by atoms with Gasteiger partial charge in [0.25, 0.3) is 5.56 Å². The number of nitrogen functional groups attached to an aromatic ring is 1. The molecule has 1 aromatic carbocycles. The molecule has 3 heterocycles. The SMILES string of the molecule is CC(Cc1ccccc1)Nc1nc(N)nc2nc3c(c(=O)n(C)c(=O)n3C)n12. The third-order valence-electron chi connectivity index (χ3n) is 4.65. The molecule has 1 unspecified atom stereocenters. The van der Waals surface area contributed by atoms with Gasteiger partial charge < -0.3 is 11.1 Å². The number of nitrogens with two attached hydrogens (primary N) is 1. The van der Waals surface area contributed by atoms with Crippen LogP contribution in [0.3, 0.4) is 0 Å². The standard InChI is InChI=1S/C18H20N8O2/c1-10(9-11-7-5-4-6-8-11)20-16-22-15(19)23-17-21-13-12(26(16)17)14(27)25(3)18(28)24(13)2/h4-8,10H,9H2,1-3H3,(H3,19,20,21,22,23). The molecule has 0 saturated carbocycles. The van der Waals surface area contributed by atoms with Crippen LogP contribution in [-0.4, -0.2) is 34.5 Å². The summed E-state index contributed by atoms with van der Waals surface area (Å²) < 4.78 is 3.84. The van der Waals surface area contributed by atoms with E-state index in [0.717, 1.165) is 16.6 Å². The van der Waals surface area contributed by atoms with E-state index in [2.05, 4.69) is 20.3 Å². The van der Waals surface area contributed by atoms with E-state index in [1.54, 1.807) is 7.05 Å². The molecule has 0 fully saturated rings. The first-order valence-electron chi connectivity index (χ1n) is 8.79. The second-order valence-corrected chi connectivity index (χ2v) is 6.77. The van der Waals surface area contributed by atoms with E-state index in [4.69, 9.17) is 5.73 Å². The van der Waals surface area contributed by atoms with E-state index in [1.165, 1.54) is 16.0 Å². The van der Waals surface area contributed by atoms with E-state index in [-0.39, 0.29) is 28.9 Å². The molecule has 10 heteroatoms. The zero-order valence-corrected chi connectivity index (χ0v) is 15.7. The summed E-state index contributed by atoms with van der Waals surface area (Å²) in [5.41, 5.74) is 6.51. The van der Waals surface area contributed by atoms with Gasteiger partial charge in [0.1, 0.15) is 0 Å². The van der Waals surface area contributed by atoms with Crippen LogP contribution in [0.2, 0.25) is 0 Å². The Bertz CT molecular complexity index is 1300. The number of benzene rings is 1. The summed E-state index contributed by atoms with van der Waals surface area (Å²) in [5, 5.41) is 3.29. The summed E-state index contributed by atoms with van der Waals surface area (Å²) in [6, 6.07) is 10.0. The van der Waals surface area contributed by atoms with E-state index >= 15 is 0 Å². The van der Waals surface area contributed by atoms with Gasteiger partial charge in [0.2, 0.25) is 17.7 Å². The Morgan fingerprint density at radius 1 is 1.07 bits per heavy atom. The zero-order chi connectivity index (χ0) is 20.0. The number of imidazole rings is 1. The summed E-state index contributed by atoms with van der Waals surface area (Å²) >= 11 is 0. The molecule has 0 saturated heterocycles. The Hall–Kier alpha value is -3.69. The van der Waals surface area contributed by atoms with Crippen LogP contribution in [0.4, 0.5) is 11.9 Å². The fourth-order valence-corrected chi connectivity index (χ4v) is 3.28. The number of aromatic nitrogens is 6. The molecule has 144 valence electrons. The molecule has 0 aliphatic carbocycles. The third-order valence-corrected chi connectivity index (χ3v) is 4.65. The van der Waals surface area contributed by atoms with Crippen molar-refractivity contribution in [1.29, 1.82) is 0 Å². The van der Waals surface area contributed by atoms with Crippen LogP contribution in [0.15, 0.2) is 39.9 Å². The van der Waals surface area contributed by atoms with Crippen LogP contribution in [-0.2, 0) is 20.5 Å². The van der Waals surface area contributed by atoms with Crippen molar-refractivity contribution in [2.45, 2.75) is 19.4 Å². The predicted molar refractivity (Wildman–Crippen MR) is 106 cm³/mol. The van der Waals surface area contributed by atoms with E-state index < -0.39 is 11.2 Å². The number of fused-ring (bicyclic) bond motifs is 3. The maximum absolute atomic E-state index is 12.8. The molecule has 3 N–H and O–H groups in total. The van der Waals surface area contributed by atoms with Gasteiger partial charge >= 0.3 is 5.69 Å². The molecule has 4 aromatic rings. The largest absolute Gasteiger partial charge is 0.368 e. The lowest BCUT2D eigenvalue weighted by Crippen LogP contribution is -2.37. The van der Waals surface area contributed by atoms with Crippen molar-refractivity contribution < 1.29 is 0 Å². The molecular weight excluding hydrogens is 360 g/mol. The Morgan fingerprint density at radius 3 is 2.50 bits per heavy atom. The van der Waals surface area contributed by atoms with Gasteiger partial charge in [-0.25, -0.2) is 9.20 Å². The fraction of sp³-hybridized carbons (Fsp3) is 0.278. The van der Waals surface area contributed by atoms with E-state index in [0.29, 0.717) is 5.95 Å². The smallest absolute Gasteiger partial charge is 0.332 e. The average Bonchev–Trinajstić information content (AvgIpc) is 3.05. The highest BCUT2D eigenvalue weighted by Gasteiger charge is 2.20. The Kier molecular flexibility index (Phi) is 4.10. The van der Waals surface area contributed by atoms with Crippen LogP contribution < -0.4 is 22.3 Å². The van der Waals surface area contributed by atoms with Crippen molar-refractivity contribution in [3.63, 3.8) is 0 Å². The molecule has 10 nitrogen and oxygen atoms in total. The first kappa shape index (κ1) is 17.7. The minimum atomic E-state index is -0.474. The van der Waals surface area contributed by atoms with Gasteiger partial charge in [-0.2, -0.15) is 15.0 Å². The van der Waals surface area contributed by atoms with Gasteiger partial charge in [0.05, 0.1) is 0 Å². The number of hydrogen-bond acceptors (Lipinski definition) is 7. The quantitative estimate of drug-likeness (QED) is 0.521. The van der Waals surface area contributed by atoms with Crippen LogP contribution in [0, 0.1) is 0 Å². The van der Waals surface area contributed by atoms with Gasteiger partial charge in [0, 0.05) is 20.1 Å². The Morgan fingerprint density at radius 2 is 1.79 bits per heavy atom. The molecule has 1 atom stereocenters. The summed E-state index contributed by atoms with van der Waals surface area (Å²) in [4.78, 5) is 37.7. The molecule has 0 spiro atoms. The van der Waals surface area contributed by atoms with Gasteiger partial charge in [-0.3, -0.25) is 13.9 Å². The maximum atomic E-state index is 12.8. The van der Waals surface area contributed by atoms with Gasteiger partial charge in [-0.15, -0.1) is 0 Å².